The standard InChI is InChI=1S/C11H13ClO5S/c1-15-9-6-8(4-5-18(12,13)14)7-10(16-2)11(9)17-3/h4-7H,1-3H3. The SMILES string of the molecule is COc1cc(C=CS(=O)(=O)Cl)cc(OC)c1OC. The molecule has 0 N–H and O–H groups in total. The van der Waals surface area contributed by atoms with Crippen molar-refractivity contribution in [3.63, 3.8) is 0 Å². The molecule has 0 unspecified atom stereocenters. The molecule has 0 fully saturated rings. The van der Waals surface area contributed by atoms with Gasteiger partial charge in [-0.1, -0.05) is 0 Å². The molecular weight excluding hydrogens is 280 g/mol. The van der Waals surface area contributed by atoms with Crippen molar-refractivity contribution < 1.29 is 22.6 Å². The lowest BCUT2D eigenvalue weighted by atomic mass is 10.2. The molecule has 0 radical (unpaired) electrons. The maximum absolute atomic E-state index is 10.8. The number of rotatable bonds is 5. The second-order valence-electron chi connectivity index (χ2n) is 3.24. The fraction of sp³-hybridized carbons (Fsp3) is 0.273. The van der Waals surface area contributed by atoms with Crippen LogP contribution in [0.5, 0.6) is 17.2 Å². The predicted octanol–water partition coefficient (Wildman–Crippen LogP) is 2.25. The molecule has 0 spiro atoms. The van der Waals surface area contributed by atoms with E-state index >= 15 is 0 Å². The molecule has 7 heteroatoms. The average molecular weight is 293 g/mol. The third-order valence-electron chi connectivity index (χ3n) is 2.11. The van der Waals surface area contributed by atoms with Crippen LogP contribution in [0.4, 0.5) is 0 Å². The van der Waals surface area contributed by atoms with Crippen molar-refractivity contribution in [1.29, 1.82) is 0 Å². The third kappa shape index (κ3) is 3.82. The van der Waals surface area contributed by atoms with E-state index in [0.29, 0.717) is 22.8 Å². The summed E-state index contributed by atoms with van der Waals surface area (Å²) in [7, 11) is 5.82. The molecule has 0 atom stereocenters. The molecular formula is C11H13ClO5S. The first-order valence-electron chi connectivity index (χ1n) is 4.84. The first-order chi connectivity index (χ1) is 8.41. The minimum Gasteiger partial charge on any atom is -0.493 e. The quantitative estimate of drug-likeness (QED) is 0.779. The fourth-order valence-electron chi connectivity index (χ4n) is 1.36. The smallest absolute Gasteiger partial charge is 0.254 e. The van der Waals surface area contributed by atoms with Crippen molar-refractivity contribution in [3.05, 3.63) is 23.1 Å². The zero-order chi connectivity index (χ0) is 13.8. The first-order valence-corrected chi connectivity index (χ1v) is 7.21. The van der Waals surface area contributed by atoms with Gasteiger partial charge in [0.1, 0.15) is 0 Å². The molecule has 0 aliphatic rings. The summed E-state index contributed by atoms with van der Waals surface area (Å²) in [6.45, 7) is 0. The summed E-state index contributed by atoms with van der Waals surface area (Å²) in [4.78, 5) is 0. The van der Waals surface area contributed by atoms with Crippen LogP contribution in [0.3, 0.4) is 0 Å². The van der Waals surface area contributed by atoms with Crippen LogP contribution >= 0.6 is 10.7 Å². The number of ether oxygens (including phenoxy) is 3. The molecule has 1 aromatic rings. The van der Waals surface area contributed by atoms with E-state index in [-0.39, 0.29) is 0 Å². The molecule has 0 heterocycles. The van der Waals surface area contributed by atoms with Crippen molar-refractivity contribution in [1.82, 2.24) is 0 Å². The summed E-state index contributed by atoms with van der Waals surface area (Å²) < 4.78 is 37.1. The van der Waals surface area contributed by atoms with Gasteiger partial charge >= 0.3 is 0 Å². The van der Waals surface area contributed by atoms with E-state index < -0.39 is 9.05 Å². The minimum atomic E-state index is -3.70. The molecule has 1 aromatic carbocycles. The van der Waals surface area contributed by atoms with Gasteiger partial charge in [-0.15, -0.1) is 0 Å². The van der Waals surface area contributed by atoms with Crippen LogP contribution in [0.2, 0.25) is 0 Å². The molecule has 0 bridgehead atoms. The summed E-state index contributed by atoms with van der Waals surface area (Å²) in [5, 5.41) is 0.884. The highest BCUT2D eigenvalue weighted by Crippen LogP contribution is 2.38. The van der Waals surface area contributed by atoms with E-state index in [2.05, 4.69) is 0 Å². The first kappa shape index (κ1) is 14.7. The second-order valence-corrected chi connectivity index (χ2v) is 5.75. The van der Waals surface area contributed by atoms with Crippen molar-refractivity contribution in [3.8, 4) is 17.2 Å². The Labute approximate surface area is 110 Å². The Morgan fingerprint density at radius 2 is 1.56 bits per heavy atom. The number of benzene rings is 1. The van der Waals surface area contributed by atoms with E-state index in [9.17, 15) is 8.42 Å². The van der Waals surface area contributed by atoms with Gasteiger partial charge in [0.15, 0.2) is 11.5 Å². The van der Waals surface area contributed by atoms with E-state index in [4.69, 9.17) is 24.9 Å². The minimum absolute atomic E-state index is 0.434. The van der Waals surface area contributed by atoms with Crippen LogP contribution in [-0.4, -0.2) is 29.7 Å². The Morgan fingerprint density at radius 3 is 1.89 bits per heavy atom. The lowest BCUT2D eigenvalue weighted by Gasteiger charge is -2.12. The topological polar surface area (TPSA) is 61.8 Å². The van der Waals surface area contributed by atoms with Crippen molar-refractivity contribution in [2.24, 2.45) is 0 Å². The molecule has 0 saturated carbocycles. The Balaban J connectivity index is 3.28. The summed E-state index contributed by atoms with van der Waals surface area (Å²) in [5.41, 5.74) is 0.564. The monoisotopic (exact) mass is 292 g/mol. The molecule has 0 aliphatic carbocycles. The zero-order valence-electron chi connectivity index (χ0n) is 10.1. The van der Waals surface area contributed by atoms with Gasteiger partial charge in [0, 0.05) is 16.1 Å². The van der Waals surface area contributed by atoms with Gasteiger partial charge in [-0.2, -0.15) is 0 Å². The lowest BCUT2D eigenvalue weighted by molar-refractivity contribution is 0.324. The van der Waals surface area contributed by atoms with Gasteiger partial charge in [0.25, 0.3) is 9.05 Å². The van der Waals surface area contributed by atoms with Crippen molar-refractivity contribution in [2.45, 2.75) is 0 Å². The molecule has 100 valence electrons. The van der Waals surface area contributed by atoms with Gasteiger partial charge in [0.2, 0.25) is 5.75 Å². The van der Waals surface area contributed by atoms with E-state index in [1.54, 1.807) is 12.1 Å². The molecule has 0 saturated heterocycles. The van der Waals surface area contributed by atoms with Crippen LogP contribution in [0.15, 0.2) is 17.5 Å². The van der Waals surface area contributed by atoms with Crippen LogP contribution in [0, 0.1) is 0 Å². The van der Waals surface area contributed by atoms with E-state index in [0.717, 1.165) is 5.41 Å². The second kappa shape index (κ2) is 5.97. The normalized spacial score (nSPS) is 11.6. The van der Waals surface area contributed by atoms with Crippen LogP contribution in [0.1, 0.15) is 5.56 Å². The number of methoxy groups -OCH3 is 3. The largest absolute Gasteiger partial charge is 0.493 e. The van der Waals surface area contributed by atoms with Crippen molar-refractivity contribution in [2.75, 3.05) is 21.3 Å². The van der Waals surface area contributed by atoms with Gasteiger partial charge in [0.05, 0.1) is 21.3 Å². The van der Waals surface area contributed by atoms with Crippen LogP contribution in [-0.2, 0) is 9.05 Å². The maximum Gasteiger partial charge on any atom is 0.254 e. The summed E-state index contributed by atoms with van der Waals surface area (Å²) in [5.74, 6) is 1.30. The average Bonchev–Trinajstić information content (AvgIpc) is 2.33. The van der Waals surface area contributed by atoms with Gasteiger partial charge in [-0.3, -0.25) is 0 Å². The Kier molecular flexibility index (Phi) is 4.86. The van der Waals surface area contributed by atoms with Gasteiger partial charge in [-0.25, -0.2) is 8.42 Å². The molecule has 0 amide bonds. The molecule has 0 aromatic heterocycles. The number of halogens is 1. The highest BCUT2D eigenvalue weighted by molar-refractivity contribution is 8.16. The molecule has 18 heavy (non-hydrogen) atoms. The molecule has 5 nitrogen and oxygen atoms in total. The summed E-state index contributed by atoms with van der Waals surface area (Å²) >= 11 is 0. The number of hydrogen-bond acceptors (Lipinski definition) is 5. The maximum atomic E-state index is 10.8. The third-order valence-corrected chi connectivity index (χ3v) is 2.88. The van der Waals surface area contributed by atoms with Gasteiger partial charge < -0.3 is 14.2 Å². The predicted molar refractivity (Wildman–Crippen MR) is 69.9 cm³/mol. The Morgan fingerprint density at radius 1 is 1.06 bits per heavy atom. The fourth-order valence-corrected chi connectivity index (χ4v) is 1.83. The number of hydrogen-bond donors (Lipinski definition) is 0. The summed E-state index contributed by atoms with van der Waals surface area (Å²) in [6.07, 6.45) is 1.34. The van der Waals surface area contributed by atoms with Crippen molar-refractivity contribution >= 4 is 25.8 Å². The van der Waals surface area contributed by atoms with Crippen LogP contribution in [0.25, 0.3) is 6.08 Å². The lowest BCUT2D eigenvalue weighted by Crippen LogP contribution is -1.95. The van der Waals surface area contributed by atoms with Gasteiger partial charge in [-0.05, 0) is 23.8 Å². The molecule has 1 rings (SSSR count). The Bertz CT molecular complexity index is 526. The highest BCUT2D eigenvalue weighted by Gasteiger charge is 2.12. The summed E-state index contributed by atoms with van der Waals surface area (Å²) in [6, 6.07) is 3.22. The van der Waals surface area contributed by atoms with E-state index in [1.165, 1.54) is 27.4 Å². The Hall–Kier alpha value is -1.40. The highest BCUT2D eigenvalue weighted by atomic mass is 35.7. The zero-order valence-corrected chi connectivity index (χ0v) is 11.7. The van der Waals surface area contributed by atoms with E-state index in [1.807, 2.05) is 0 Å². The van der Waals surface area contributed by atoms with Crippen LogP contribution < -0.4 is 14.2 Å². The molecule has 0 aliphatic heterocycles.